The standard InChI is InChI=1S/C18H24N2O3S2/c21-16(19-7-10-25-12-13-6-9-24-11-13)5-8-20-17(22)14-3-1-2-4-15(14)18(20)23/h6,9,11,14-15H,1-5,7-8,10,12H2,(H,19,21)/t14-,15-/m0/s1. The van der Waals surface area contributed by atoms with Gasteiger partial charge in [-0.2, -0.15) is 23.1 Å². The summed E-state index contributed by atoms with van der Waals surface area (Å²) in [5.74, 6) is 1.34. The average Bonchev–Trinajstić information content (AvgIpc) is 3.22. The molecule has 136 valence electrons. The fraction of sp³-hybridized carbons (Fsp3) is 0.611. The predicted octanol–water partition coefficient (Wildman–Crippen LogP) is 2.66. The molecule has 0 aromatic carbocycles. The van der Waals surface area contributed by atoms with Crippen molar-refractivity contribution in [3.8, 4) is 0 Å². The van der Waals surface area contributed by atoms with E-state index in [1.54, 1.807) is 23.1 Å². The summed E-state index contributed by atoms with van der Waals surface area (Å²) in [5.41, 5.74) is 1.31. The Morgan fingerprint density at radius 2 is 1.96 bits per heavy atom. The monoisotopic (exact) mass is 380 g/mol. The summed E-state index contributed by atoms with van der Waals surface area (Å²) in [6, 6.07) is 2.11. The van der Waals surface area contributed by atoms with Crippen LogP contribution in [0.5, 0.6) is 0 Å². The summed E-state index contributed by atoms with van der Waals surface area (Å²) in [5, 5.41) is 7.07. The highest BCUT2D eigenvalue weighted by molar-refractivity contribution is 7.98. The van der Waals surface area contributed by atoms with Crippen LogP contribution in [-0.4, -0.2) is 41.5 Å². The quantitative estimate of drug-likeness (QED) is 0.556. The first kappa shape index (κ1) is 18.5. The van der Waals surface area contributed by atoms with Gasteiger partial charge in [0.25, 0.3) is 0 Å². The van der Waals surface area contributed by atoms with Crippen LogP contribution in [0.25, 0.3) is 0 Å². The van der Waals surface area contributed by atoms with Crippen molar-refractivity contribution in [2.75, 3.05) is 18.8 Å². The van der Waals surface area contributed by atoms with Crippen molar-refractivity contribution in [2.45, 2.75) is 37.9 Å². The molecule has 1 aliphatic heterocycles. The van der Waals surface area contributed by atoms with Crippen molar-refractivity contribution in [1.82, 2.24) is 10.2 Å². The normalized spacial score (nSPS) is 23.0. The third-order valence-electron chi connectivity index (χ3n) is 4.91. The second kappa shape index (κ2) is 8.85. The highest BCUT2D eigenvalue weighted by Crippen LogP contribution is 2.37. The summed E-state index contributed by atoms with van der Waals surface area (Å²) < 4.78 is 0. The third-order valence-corrected chi connectivity index (χ3v) is 6.67. The number of nitrogens with one attached hydrogen (secondary N) is 1. The van der Waals surface area contributed by atoms with Gasteiger partial charge in [-0.05, 0) is 35.2 Å². The number of thiophene rings is 1. The van der Waals surface area contributed by atoms with Gasteiger partial charge in [0, 0.05) is 31.0 Å². The van der Waals surface area contributed by atoms with Crippen LogP contribution in [0.3, 0.4) is 0 Å². The van der Waals surface area contributed by atoms with E-state index in [1.165, 1.54) is 10.5 Å². The van der Waals surface area contributed by atoms with Gasteiger partial charge in [-0.15, -0.1) is 0 Å². The maximum atomic E-state index is 12.3. The zero-order valence-electron chi connectivity index (χ0n) is 14.2. The summed E-state index contributed by atoms with van der Waals surface area (Å²) in [7, 11) is 0. The van der Waals surface area contributed by atoms with Crippen molar-refractivity contribution >= 4 is 40.8 Å². The number of thioether (sulfide) groups is 1. The number of carbonyl (C=O) groups is 3. The molecule has 1 N–H and O–H groups in total. The summed E-state index contributed by atoms with van der Waals surface area (Å²) in [6.07, 6.45) is 3.89. The number of hydrogen-bond acceptors (Lipinski definition) is 5. The van der Waals surface area contributed by atoms with Crippen LogP contribution < -0.4 is 5.32 Å². The van der Waals surface area contributed by atoms with Crippen LogP contribution in [0.15, 0.2) is 16.8 Å². The number of hydrogen-bond donors (Lipinski definition) is 1. The van der Waals surface area contributed by atoms with Crippen LogP contribution in [-0.2, 0) is 20.1 Å². The minimum absolute atomic E-state index is 0.0613. The van der Waals surface area contributed by atoms with Crippen LogP contribution in [0.4, 0.5) is 0 Å². The van der Waals surface area contributed by atoms with E-state index in [-0.39, 0.29) is 42.5 Å². The van der Waals surface area contributed by atoms with Crippen molar-refractivity contribution in [1.29, 1.82) is 0 Å². The first-order valence-corrected chi connectivity index (χ1v) is 11.0. The molecule has 0 unspecified atom stereocenters. The SMILES string of the molecule is O=C(CCN1C(=O)[C@H]2CCCC[C@@H]2C1=O)NCCSCc1ccsc1. The minimum atomic E-state index is -0.127. The maximum absolute atomic E-state index is 12.3. The maximum Gasteiger partial charge on any atom is 0.233 e. The third kappa shape index (κ3) is 4.64. The highest BCUT2D eigenvalue weighted by atomic mass is 32.2. The topological polar surface area (TPSA) is 66.5 Å². The number of amides is 3. The first-order chi connectivity index (χ1) is 12.2. The molecule has 1 saturated carbocycles. The van der Waals surface area contributed by atoms with Crippen molar-refractivity contribution < 1.29 is 14.4 Å². The van der Waals surface area contributed by atoms with Crippen molar-refractivity contribution in [3.63, 3.8) is 0 Å². The fourth-order valence-electron chi connectivity index (χ4n) is 3.58. The zero-order valence-corrected chi connectivity index (χ0v) is 15.9. The molecule has 1 aliphatic carbocycles. The molecular weight excluding hydrogens is 356 g/mol. The Hall–Kier alpha value is -1.34. The molecule has 1 aromatic rings. The Labute approximate surface area is 156 Å². The van der Waals surface area contributed by atoms with E-state index < -0.39 is 0 Å². The molecule has 0 spiro atoms. The van der Waals surface area contributed by atoms with Gasteiger partial charge in [-0.1, -0.05) is 12.8 Å². The molecule has 3 amide bonds. The zero-order chi connectivity index (χ0) is 17.6. The lowest BCUT2D eigenvalue weighted by Crippen LogP contribution is -2.36. The molecule has 2 heterocycles. The van der Waals surface area contributed by atoms with Gasteiger partial charge in [0.1, 0.15) is 0 Å². The smallest absolute Gasteiger partial charge is 0.233 e. The molecule has 1 saturated heterocycles. The van der Waals surface area contributed by atoms with Gasteiger partial charge in [0.2, 0.25) is 17.7 Å². The number of rotatable bonds is 8. The number of nitrogens with zero attached hydrogens (tertiary/aromatic N) is 1. The second-order valence-corrected chi connectivity index (χ2v) is 8.49. The number of likely N-dealkylation sites (tertiary alicyclic amines) is 1. The first-order valence-electron chi connectivity index (χ1n) is 8.87. The van der Waals surface area contributed by atoms with E-state index in [0.29, 0.717) is 6.54 Å². The molecule has 0 bridgehead atoms. The molecule has 7 heteroatoms. The molecule has 1 aromatic heterocycles. The second-order valence-electron chi connectivity index (χ2n) is 6.61. The lowest BCUT2D eigenvalue weighted by Gasteiger charge is -2.19. The molecule has 5 nitrogen and oxygen atoms in total. The van der Waals surface area contributed by atoms with E-state index in [2.05, 4.69) is 22.1 Å². The van der Waals surface area contributed by atoms with Crippen LogP contribution in [0.2, 0.25) is 0 Å². The molecular formula is C18H24N2O3S2. The Morgan fingerprint density at radius 1 is 1.24 bits per heavy atom. The summed E-state index contributed by atoms with van der Waals surface area (Å²) in [4.78, 5) is 38.0. The Bertz CT molecular complexity index is 594. The Kier molecular flexibility index (Phi) is 6.53. The summed E-state index contributed by atoms with van der Waals surface area (Å²) in [6.45, 7) is 0.833. The molecule has 25 heavy (non-hydrogen) atoms. The van der Waals surface area contributed by atoms with Crippen LogP contribution in [0.1, 0.15) is 37.7 Å². The number of fused-ring (bicyclic) bond motifs is 1. The van der Waals surface area contributed by atoms with E-state index in [4.69, 9.17) is 0 Å². The molecule has 2 atom stereocenters. The van der Waals surface area contributed by atoms with Crippen LogP contribution in [0, 0.1) is 11.8 Å². The van der Waals surface area contributed by atoms with E-state index >= 15 is 0 Å². The largest absolute Gasteiger partial charge is 0.355 e. The Balaban J connectivity index is 1.33. The van der Waals surface area contributed by atoms with E-state index in [1.807, 2.05) is 0 Å². The van der Waals surface area contributed by atoms with E-state index in [0.717, 1.165) is 37.2 Å². The lowest BCUT2D eigenvalue weighted by molar-refractivity contribution is -0.140. The lowest BCUT2D eigenvalue weighted by atomic mass is 9.81. The predicted molar refractivity (Wildman–Crippen MR) is 100 cm³/mol. The van der Waals surface area contributed by atoms with Gasteiger partial charge in [0.15, 0.2) is 0 Å². The van der Waals surface area contributed by atoms with Gasteiger partial charge in [-0.25, -0.2) is 0 Å². The summed E-state index contributed by atoms with van der Waals surface area (Å²) >= 11 is 3.48. The molecule has 3 rings (SSSR count). The fourth-order valence-corrected chi connectivity index (χ4v) is 5.16. The van der Waals surface area contributed by atoms with Gasteiger partial charge < -0.3 is 5.32 Å². The van der Waals surface area contributed by atoms with Gasteiger partial charge >= 0.3 is 0 Å². The minimum Gasteiger partial charge on any atom is -0.355 e. The molecule has 0 radical (unpaired) electrons. The number of carbonyl (C=O) groups excluding carboxylic acids is 3. The Morgan fingerprint density at radius 3 is 2.60 bits per heavy atom. The van der Waals surface area contributed by atoms with Gasteiger partial charge in [0.05, 0.1) is 11.8 Å². The van der Waals surface area contributed by atoms with Gasteiger partial charge in [-0.3, -0.25) is 19.3 Å². The van der Waals surface area contributed by atoms with Crippen molar-refractivity contribution in [3.05, 3.63) is 22.4 Å². The van der Waals surface area contributed by atoms with E-state index in [9.17, 15) is 14.4 Å². The van der Waals surface area contributed by atoms with Crippen molar-refractivity contribution in [2.24, 2.45) is 11.8 Å². The molecule has 2 fully saturated rings. The number of imide groups is 1. The molecule has 2 aliphatic rings. The average molecular weight is 381 g/mol. The van der Waals surface area contributed by atoms with Crippen LogP contribution >= 0.6 is 23.1 Å². The highest BCUT2D eigenvalue weighted by Gasteiger charge is 2.47.